The van der Waals surface area contributed by atoms with E-state index in [0.29, 0.717) is 33.8 Å². The number of morpholine rings is 1. The van der Waals surface area contributed by atoms with Crippen molar-refractivity contribution in [1.29, 1.82) is 0 Å². The van der Waals surface area contributed by atoms with Crippen LogP contribution in [0.3, 0.4) is 0 Å². The molecule has 8 aromatic rings. The van der Waals surface area contributed by atoms with Gasteiger partial charge in [0.2, 0.25) is 0 Å². The van der Waals surface area contributed by atoms with Gasteiger partial charge in [-0.25, -0.2) is 4.98 Å². The number of para-hydroxylation sites is 1. The zero-order valence-electron chi connectivity index (χ0n) is 39.6. The highest BCUT2D eigenvalue weighted by molar-refractivity contribution is 6.30. The summed E-state index contributed by atoms with van der Waals surface area (Å²) in [6.07, 6.45) is 4.11. The fourth-order valence-corrected chi connectivity index (χ4v) is 9.13. The van der Waals surface area contributed by atoms with Gasteiger partial charge in [0.25, 0.3) is 17.7 Å². The third-order valence-corrected chi connectivity index (χ3v) is 13.3. The lowest BCUT2D eigenvalue weighted by Gasteiger charge is -2.30. The zero-order chi connectivity index (χ0) is 48.9. The molecule has 0 spiro atoms. The third-order valence-electron chi connectivity index (χ3n) is 13.0. The number of nitrogens with zero attached hydrogens (tertiary/aromatic N) is 3. The molecule has 71 heavy (non-hydrogen) atoms. The number of pyridine rings is 2. The van der Waals surface area contributed by atoms with Crippen molar-refractivity contribution >= 4 is 68.1 Å². The first kappa shape index (κ1) is 48.7. The molecule has 5 N–H and O–H groups in total. The number of carbonyl (C=O) groups is 3. The van der Waals surface area contributed by atoms with Crippen molar-refractivity contribution in [2.75, 3.05) is 68.9 Å². The van der Waals surface area contributed by atoms with Crippen LogP contribution in [0.25, 0.3) is 21.7 Å². The fourth-order valence-electron chi connectivity index (χ4n) is 9.00. The lowest BCUT2D eigenvalue weighted by molar-refractivity contribution is -0.0208. The molecule has 3 aliphatic rings. The molecule has 360 valence electrons. The molecular weight excluding hydrogens is 908 g/mol. The molecule has 0 radical (unpaired) electrons. The van der Waals surface area contributed by atoms with Gasteiger partial charge in [0.05, 0.1) is 18.2 Å². The van der Waals surface area contributed by atoms with E-state index in [1.54, 1.807) is 36.5 Å². The van der Waals surface area contributed by atoms with E-state index >= 15 is 0 Å². The number of amides is 3. The molecule has 13 heteroatoms. The Morgan fingerprint density at radius 3 is 1.77 bits per heavy atom. The lowest BCUT2D eigenvalue weighted by atomic mass is 9.98. The highest BCUT2D eigenvalue weighted by Crippen LogP contribution is 2.27. The first-order valence-electron chi connectivity index (χ1n) is 24.1. The lowest BCUT2D eigenvalue weighted by Crippen LogP contribution is -2.35. The van der Waals surface area contributed by atoms with Gasteiger partial charge in [-0.2, -0.15) is 0 Å². The van der Waals surface area contributed by atoms with Gasteiger partial charge in [-0.15, -0.1) is 0 Å². The zero-order valence-corrected chi connectivity index (χ0v) is 40.4. The number of fused-ring (bicyclic) bond motifs is 2. The second-order valence-corrected chi connectivity index (χ2v) is 18.4. The van der Waals surface area contributed by atoms with Gasteiger partial charge in [-0.1, -0.05) is 96.5 Å². The number of likely N-dealkylation sites (N-methyl/N-ethyl adjacent to an activating group) is 1. The Morgan fingerprint density at radius 2 is 1.17 bits per heavy atom. The SMILES string of the molecule is CN1CCOC(c2ccc(NC(=O)c3ccc(Cl)cc3)cc2)C1.O=C(Nc1ccc(C2CCNC2)cc1)c1ccc2ccccc2n1.O=C(Nc1ccc(C2CCNC2)cc1)c1nccc2ccccc12. The molecule has 11 rings (SSSR count). The van der Waals surface area contributed by atoms with Crippen LogP contribution in [0.1, 0.15) is 78.8 Å². The largest absolute Gasteiger partial charge is 0.371 e. The van der Waals surface area contributed by atoms with Crippen LogP contribution < -0.4 is 26.6 Å². The summed E-state index contributed by atoms with van der Waals surface area (Å²) < 4.78 is 5.79. The summed E-state index contributed by atoms with van der Waals surface area (Å²) >= 11 is 5.83. The Morgan fingerprint density at radius 1 is 0.606 bits per heavy atom. The molecule has 3 amide bonds. The Bertz CT molecular complexity index is 3060. The minimum absolute atomic E-state index is 0.0924. The van der Waals surface area contributed by atoms with Gasteiger partial charge in [0, 0.05) is 70.8 Å². The van der Waals surface area contributed by atoms with Crippen LogP contribution in [0.5, 0.6) is 0 Å². The van der Waals surface area contributed by atoms with Crippen molar-refractivity contribution in [3.05, 3.63) is 209 Å². The average molecular weight is 966 g/mol. The van der Waals surface area contributed by atoms with E-state index in [4.69, 9.17) is 16.3 Å². The molecule has 5 heterocycles. The topological polar surface area (TPSA) is 150 Å². The molecule has 2 aromatic heterocycles. The van der Waals surface area contributed by atoms with Gasteiger partial charge in [-0.3, -0.25) is 19.4 Å². The van der Waals surface area contributed by atoms with Gasteiger partial charge >= 0.3 is 0 Å². The summed E-state index contributed by atoms with van der Waals surface area (Å²) in [4.78, 5) is 48.1. The summed E-state index contributed by atoms with van der Waals surface area (Å²) in [5.41, 5.74) is 8.41. The molecule has 3 fully saturated rings. The van der Waals surface area contributed by atoms with E-state index in [1.807, 2.05) is 109 Å². The summed E-state index contributed by atoms with van der Waals surface area (Å²) in [7, 11) is 2.09. The number of halogens is 1. The molecule has 3 atom stereocenters. The standard InChI is InChI=1S/2C20H19N3O.C18H19ClN2O2/c24-20(19-10-7-15-3-1-2-4-18(15)23-19)22-17-8-5-14(6-9-17)16-11-12-21-13-16;24-20(19-18-4-2-1-3-15(18)10-12-22-19)23-17-7-5-14(6-8-17)16-9-11-21-13-16;1-21-10-11-23-17(12-21)13-4-8-16(9-5-13)20-18(22)14-2-6-15(19)7-3-14/h1-10,16,21H,11-13H2,(H,22,24);1-8,10,12,16,21H,9,11,13H2,(H,23,24);2-9,17H,10-12H2,1H3,(H,20,22). The van der Waals surface area contributed by atoms with Gasteiger partial charge < -0.3 is 36.2 Å². The second-order valence-electron chi connectivity index (χ2n) is 18.0. The van der Waals surface area contributed by atoms with E-state index in [2.05, 4.69) is 72.8 Å². The molecule has 0 aliphatic carbocycles. The van der Waals surface area contributed by atoms with Crippen LogP contribution in [0.15, 0.2) is 170 Å². The minimum Gasteiger partial charge on any atom is -0.371 e. The summed E-state index contributed by atoms with van der Waals surface area (Å²) in [5, 5.41) is 19.0. The number of aromatic nitrogens is 2. The summed E-state index contributed by atoms with van der Waals surface area (Å²) in [5.74, 6) is 0.646. The fraction of sp³-hybridized carbons (Fsp3) is 0.224. The Kier molecular flexibility index (Phi) is 16.1. The monoisotopic (exact) mass is 964 g/mol. The first-order valence-corrected chi connectivity index (χ1v) is 24.5. The van der Waals surface area contributed by atoms with Gasteiger partial charge in [0.15, 0.2) is 0 Å². The smallest absolute Gasteiger partial charge is 0.274 e. The normalized spacial score (nSPS) is 17.6. The van der Waals surface area contributed by atoms with Crippen LogP contribution in [-0.2, 0) is 4.74 Å². The quantitative estimate of drug-likeness (QED) is 0.0953. The number of hydrogen-bond donors (Lipinski definition) is 5. The Labute approximate surface area is 419 Å². The van der Waals surface area contributed by atoms with Crippen LogP contribution in [0, 0.1) is 0 Å². The van der Waals surface area contributed by atoms with Crippen LogP contribution in [0.2, 0.25) is 5.02 Å². The maximum Gasteiger partial charge on any atom is 0.274 e. The summed E-state index contributed by atoms with van der Waals surface area (Å²) in [6, 6.07) is 52.1. The highest BCUT2D eigenvalue weighted by Gasteiger charge is 2.21. The van der Waals surface area contributed by atoms with Crippen molar-refractivity contribution in [3.63, 3.8) is 0 Å². The molecule has 12 nitrogen and oxygen atoms in total. The van der Waals surface area contributed by atoms with E-state index in [-0.39, 0.29) is 23.8 Å². The minimum atomic E-state index is -0.184. The Hall–Kier alpha value is -7.32. The molecule has 6 aromatic carbocycles. The first-order chi connectivity index (χ1) is 34.7. The number of nitrogens with one attached hydrogen (secondary N) is 5. The second kappa shape index (κ2) is 23.5. The van der Waals surface area contributed by atoms with Crippen molar-refractivity contribution in [1.82, 2.24) is 25.5 Å². The van der Waals surface area contributed by atoms with E-state index in [0.717, 1.165) is 90.2 Å². The maximum absolute atomic E-state index is 12.6. The number of ether oxygens (including phenoxy) is 1. The number of benzene rings is 6. The van der Waals surface area contributed by atoms with Crippen molar-refractivity contribution in [2.45, 2.75) is 30.8 Å². The number of hydrogen-bond acceptors (Lipinski definition) is 9. The third kappa shape index (κ3) is 12.9. The number of anilines is 3. The number of rotatable bonds is 9. The molecule has 3 saturated heterocycles. The van der Waals surface area contributed by atoms with E-state index < -0.39 is 0 Å². The van der Waals surface area contributed by atoms with Crippen LogP contribution in [0.4, 0.5) is 17.1 Å². The van der Waals surface area contributed by atoms with E-state index in [1.165, 1.54) is 24.0 Å². The highest BCUT2D eigenvalue weighted by atomic mass is 35.5. The molecule has 0 bridgehead atoms. The molecule has 3 unspecified atom stereocenters. The predicted octanol–water partition coefficient (Wildman–Crippen LogP) is 10.7. The van der Waals surface area contributed by atoms with Crippen molar-refractivity contribution in [3.8, 4) is 0 Å². The summed E-state index contributed by atoms with van der Waals surface area (Å²) in [6.45, 7) is 6.82. The predicted molar refractivity (Wildman–Crippen MR) is 285 cm³/mol. The van der Waals surface area contributed by atoms with Crippen LogP contribution in [-0.4, -0.2) is 85.5 Å². The molecular formula is C58H57ClN8O4. The van der Waals surface area contributed by atoms with E-state index in [9.17, 15) is 14.4 Å². The van der Waals surface area contributed by atoms with Gasteiger partial charge in [0.1, 0.15) is 11.4 Å². The number of carbonyl (C=O) groups excluding carboxylic acids is 3. The average Bonchev–Trinajstić information content (AvgIpc) is 4.17. The maximum atomic E-state index is 12.6. The Balaban J connectivity index is 0.000000132. The molecule has 0 saturated carbocycles. The molecule has 3 aliphatic heterocycles. The van der Waals surface area contributed by atoms with Crippen LogP contribution >= 0.6 is 11.6 Å². The van der Waals surface area contributed by atoms with Crippen molar-refractivity contribution < 1.29 is 19.1 Å². The van der Waals surface area contributed by atoms with Gasteiger partial charge in [-0.05, 0) is 146 Å². The van der Waals surface area contributed by atoms with Crippen molar-refractivity contribution in [2.24, 2.45) is 0 Å².